The minimum atomic E-state index is -3.94. The van der Waals surface area contributed by atoms with Crippen LogP contribution in [-0.4, -0.2) is 31.1 Å². The summed E-state index contributed by atoms with van der Waals surface area (Å²) < 4.78 is 36.6. The van der Waals surface area contributed by atoms with Crippen molar-refractivity contribution in [1.82, 2.24) is 14.9 Å². The van der Waals surface area contributed by atoms with E-state index in [1.807, 2.05) is 24.3 Å². The van der Waals surface area contributed by atoms with Crippen molar-refractivity contribution in [3.05, 3.63) is 52.5 Å². The minimum absolute atomic E-state index is 0.0860. The van der Waals surface area contributed by atoms with Crippen LogP contribution in [0.4, 0.5) is 0 Å². The Morgan fingerprint density at radius 3 is 2.74 bits per heavy atom. The Bertz CT molecular complexity index is 1090. The zero-order valence-corrected chi connectivity index (χ0v) is 16.1. The molecule has 0 aliphatic rings. The van der Waals surface area contributed by atoms with Crippen LogP contribution in [0.1, 0.15) is 17.0 Å². The van der Waals surface area contributed by atoms with Gasteiger partial charge in [-0.3, -0.25) is 4.79 Å². The van der Waals surface area contributed by atoms with Crippen molar-refractivity contribution in [2.24, 2.45) is 0 Å². The topological polar surface area (TPSA) is 111 Å². The third kappa shape index (κ3) is 4.26. The predicted molar refractivity (Wildman–Crippen MR) is 97.7 cm³/mol. The summed E-state index contributed by atoms with van der Waals surface area (Å²) in [5.41, 5.74) is 1.46. The zero-order chi connectivity index (χ0) is 19.6. The van der Waals surface area contributed by atoms with Gasteiger partial charge in [-0.05, 0) is 26.0 Å². The van der Waals surface area contributed by atoms with E-state index < -0.39 is 22.5 Å². The van der Waals surface area contributed by atoms with Gasteiger partial charge in [0.15, 0.2) is 5.76 Å². The molecule has 3 aromatic rings. The van der Waals surface area contributed by atoms with E-state index in [1.54, 1.807) is 6.07 Å². The highest BCUT2D eigenvalue weighted by Crippen LogP contribution is 2.21. The van der Waals surface area contributed by atoms with Gasteiger partial charge < -0.3 is 9.26 Å². The predicted octanol–water partition coefficient (Wildman–Crippen LogP) is 2.51. The Balaban J connectivity index is 1.63. The van der Waals surface area contributed by atoms with Crippen molar-refractivity contribution >= 4 is 38.5 Å². The highest BCUT2D eigenvalue weighted by molar-refractivity contribution is 7.89. The minimum Gasteiger partial charge on any atom is -0.460 e. The number of carbonyl (C=O) groups is 1. The van der Waals surface area contributed by atoms with E-state index in [0.717, 1.165) is 10.9 Å². The van der Waals surface area contributed by atoms with E-state index in [1.165, 1.54) is 13.8 Å². The number of rotatable bonds is 6. The fourth-order valence-corrected chi connectivity index (χ4v) is 4.03. The number of ether oxygens (including phenoxy) is 1. The van der Waals surface area contributed by atoms with Crippen LogP contribution in [0.2, 0.25) is 5.15 Å². The summed E-state index contributed by atoms with van der Waals surface area (Å²) in [7, 11) is -3.94. The second-order valence-corrected chi connectivity index (χ2v) is 7.83. The molecule has 0 amide bonds. The number of esters is 1. The molecule has 0 saturated carbocycles. The van der Waals surface area contributed by atoms with Crippen LogP contribution >= 0.6 is 11.6 Å². The van der Waals surface area contributed by atoms with Crippen molar-refractivity contribution < 1.29 is 22.5 Å². The summed E-state index contributed by atoms with van der Waals surface area (Å²) in [6.07, 6.45) is 0. The zero-order valence-electron chi connectivity index (χ0n) is 14.5. The number of hydrogen-bond acceptors (Lipinski definition) is 7. The summed E-state index contributed by atoms with van der Waals surface area (Å²) in [4.78, 5) is 16.1. The molecule has 10 heteroatoms. The van der Waals surface area contributed by atoms with Gasteiger partial charge in [-0.1, -0.05) is 35.0 Å². The number of benzene rings is 1. The Hall–Kier alpha value is -2.49. The van der Waals surface area contributed by atoms with E-state index >= 15 is 0 Å². The lowest BCUT2D eigenvalue weighted by molar-refractivity contribution is -0.143. The van der Waals surface area contributed by atoms with Crippen LogP contribution in [-0.2, 0) is 26.2 Å². The van der Waals surface area contributed by atoms with E-state index in [2.05, 4.69) is 14.9 Å². The molecule has 0 aliphatic carbocycles. The van der Waals surface area contributed by atoms with Crippen LogP contribution in [0.3, 0.4) is 0 Å². The molecular weight excluding hydrogens is 394 g/mol. The third-order valence-corrected chi connectivity index (χ3v) is 5.75. The van der Waals surface area contributed by atoms with Crippen LogP contribution in [0.15, 0.2) is 39.8 Å². The molecule has 1 aromatic carbocycles. The Labute approximate surface area is 160 Å². The van der Waals surface area contributed by atoms with E-state index in [9.17, 15) is 13.2 Å². The lowest BCUT2D eigenvalue weighted by Gasteiger charge is -2.09. The van der Waals surface area contributed by atoms with Gasteiger partial charge in [0.2, 0.25) is 10.0 Å². The third-order valence-electron chi connectivity index (χ3n) is 3.78. The number of carbonyl (C=O) groups excluding carboxylic acids is 1. The number of sulfonamides is 1. The maximum atomic E-state index is 12.3. The molecule has 8 nitrogen and oxygen atoms in total. The molecule has 0 spiro atoms. The normalized spacial score (nSPS) is 11.7. The summed E-state index contributed by atoms with van der Waals surface area (Å²) in [6, 6.07) is 9.15. The second-order valence-electron chi connectivity index (χ2n) is 5.77. The molecule has 1 N–H and O–H groups in total. The molecule has 2 heterocycles. The Morgan fingerprint density at radius 2 is 2.04 bits per heavy atom. The highest BCUT2D eigenvalue weighted by Gasteiger charge is 2.25. The Morgan fingerprint density at radius 1 is 1.30 bits per heavy atom. The van der Waals surface area contributed by atoms with Gasteiger partial charge in [-0.2, -0.15) is 4.72 Å². The first kappa shape index (κ1) is 19.3. The van der Waals surface area contributed by atoms with Gasteiger partial charge in [-0.25, -0.2) is 13.4 Å². The van der Waals surface area contributed by atoms with E-state index in [4.69, 9.17) is 20.9 Å². The number of nitrogens with zero attached hydrogens (tertiary/aromatic N) is 2. The molecule has 0 radical (unpaired) electrons. The number of para-hydroxylation sites is 1. The van der Waals surface area contributed by atoms with Crippen molar-refractivity contribution in [2.45, 2.75) is 25.3 Å². The van der Waals surface area contributed by atoms with Crippen LogP contribution in [0.5, 0.6) is 0 Å². The van der Waals surface area contributed by atoms with Crippen LogP contribution in [0.25, 0.3) is 10.9 Å². The molecule has 2 aromatic heterocycles. The van der Waals surface area contributed by atoms with Crippen molar-refractivity contribution in [1.29, 1.82) is 0 Å². The number of pyridine rings is 1. The first-order chi connectivity index (χ1) is 12.8. The lowest BCUT2D eigenvalue weighted by Crippen LogP contribution is -2.31. The van der Waals surface area contributed by atoms with Gasteiger partial charge in [0.1, 0.15) is 28.9 Å². The SMILES string of the molecule is Cc1noc(C)c1S(=O)(=O)NCC(=O)OCc1cc2ccccc2nc1Cl. The molecule has 0 atom stereocenters. The van der Waals surface area contributed by atoms with Gasteiger partial charge in [0.25, 0.3) is 0 Å². The average Bonchev–Trinajstić information content (AvgIpc) is 2.97. The van der Waals surface area contributed by atoms with Crippen LogP contribution < -0.4 is 4.72 Å². The number of hydrogen-bond donors (Lipinski definition) is 1. The maximum Gasteiger partial charge on any atom is 0.321 e. The highest BCUT2D eigenvalue weighted by atomic mass is 35.5. The fraction of sp³-hybridized carbons (Fsp3) is 0.235. The average molecular weight is 410 g/mol. The molecule has 0 fully saturated rings. The van der Waals surface area contributed by atoms with E-state index in [0.29, 0.717) is 5.56 Å². The summed E-state index contributed by atoms with van der Waals surface area (Å²) in [6.45, 7) is 2.31. The summed E-state index contributed by atoms with van der Waals surface area (Å²) >= 11 is 6.11. The number of nitrogens with one attached hydrogen (secondary N) is 1. The number of aromatic nitrogens is 2. The van der Waals surface area contributed by atoms with Gasteiger partial charge in [0, 0.05) is 10.9 Å². The van der Waals surface area contributed by atoms with Crippen molar-refractivity contribution in [2.75, 3.05) is 6.54 Å². The van der Waals surface area contributed by atoms with Crippen molar-refractivity contribution in [3.8, 4) is 0 Å². The molecular formula is C17H16ClN3O5S. The molecule has 3 rings (SSSR count). The summed E-state index contributed by atoms with van der Waals surface area (Å²) in [5.74, 6) is -0.614. The molecule has 0 aliphatic heterocycles. The smallest absolute Gasteiger partial charge is 0.321 e. The number of halogens is 1. The van der Waals surface area contributed by atoms with Crippen LogP contribution in [0, 0.1) is 13.8 Å². The molecule has 0 bridgehead atoms. The Kier molecular flexibility index (Phi) is 5.45. The van der Waals surface area contributed by atoms with Gasteiger partial charge in [0.05, 0.1) is 5.52 Å². The molecule has 0 saturated heterocycles. The fourth-order valence-electron chi connectivity index (χ4n) is 2.53. The van der Waals surface area contributed by atoms with Gasteiger partial charge >= 0.3 is 5.97 Å². The monoisotopic (exact) mass is 409 g/mol. The largest absolute Gasteiger partial charge is 0.460 e. The maximum absolute atomic E-state index is 12.3. The van der Waals surface area contributed by atoms with Gasteiger partial charge in [-0.15, -0.1) is 0 Å². The lowest BCUT2D eigenvalue weighted by atomic mass is 10.2. The first-order valence-electron chi connectivity index (χ1n) is 7.90. The van der Waals surface area contributed by atoms with E-state index in [-0.39, 0.29) is 28.1 Å². The summed E-state index contributed by atoms with van der Waals surface area (Å²) in [5, 5.41) is 4.66. The standard InChI is InChI=1S/C17H16ClN3O5S/c1-10-16(11(2)26-21-10)27(23,24)19-8-15(22)25-9-13-7-12-5-3-4-6-14(12)20-17(13)18/h3-7,19H,8-9H2,1-2H3. The second kappa shape index (κ2) is 7.63. The molecule has 27 heavy (non-hydrogen) atoms. The molecule has 0 unspecified atom stereocenters. The molecule has 142 valence electrons. The van der Waals surface area contributed by atoms with Crippen molar-refractivity contribution in [3.63, 3.8) is 0 Å². The number of aryl methyl sites for hydroxylation is 2. The first-order valence-corrected chi connectivity index (χ1v) is 9.76. The quantitative estimate of drug-likeness (QED) is 0.491. The number of fused-ring (bicyclic) bond motifs is 1.